The van der Waals surface area contributed by atoms with Crippen molar-refractivity contribution in [2.24, 2.45) is 0 Å². The van der Waals surface area contributed by atoms with E-state index in [9.17, 15) is 18.0 Å². The Bertz CT molecular complexity index is 1440. The zero-order valence-electron chi connectivity index (χ0n) is 20.5. The van der Waals surface area contributed by atoms with Crippen molar-refractivity contribution < 1.29 is 22.7 Å². The van der Waals surface area contributed by atoms with E-state index in [4.69, 9.17) is 4.74 Å². The van der Waals surface area contributed by atoms with E-state index < -0.39 is 18.1 Å². The Hall–Kier alpha value is -4.15. The summed E-state index contributed by atoms with van der Waals surface area (Å²) in [5, 5.41) is 8.52. The summed E-state index contributed by atoms with van der Waals surface area (Å²) in [4.78, 5) is 17.5. The lowest BCUT2D eigenvalue weighted by atomic mass is 9.94. The lowest BCUT2D eigenvalue weighted by molar-refractivity contribution is -0.170. The molecule has 0 radical (unpaired) electrons. The Labute approximate surface area is 211 Å². The topological polar surface area (TPSA) is 78.1 Å². The van der Waals surface area contributed by atoms with Gasteiger partial charge in [0.15, 0.2) is 0 Å². The second kappa shape index (κ2) is 9.38. The third-order valence-electron chi connectivity index (χ3n) is 6.61. The molecule has 4 aromatic rings. The fourth-order valence-corrected chi connectivity index (χ4v) is 4.80. The van der Waals surface area contributed by atoms with E-state index in [2.05, 4.69) is 15.3 Å². The van der Waals surface area contributed by atoms with Crippen molar-refractivity contribution >= 4 is 11.6 Å². The van der Waals surface area contributed by atoms with Gasteiger partial charge in [0.2, 0.25) is 0 Å². The van der Waals surface area contributed by atoms with Crippen LogP contribution in [0.5, 0.6) is 5.75 Å². The maximum atomic E-state index is 13.5. The Kier molecular flexibility index (Phi) is 6.22. The van der Waals surface area contributed by atoms with E-state index in [1.165, 1.54) is 0 Å². The third-order valence-corrected chi connectivity index (χ3v) is 6.61. The molecule has 0 saturated heterocycles. The SMILES string of the molecule is COc1cc(-c2cn(C3CC(C)c4ccccc4N(C(=O)C(F)(F)F)C3)nn2)ccc1-n1cnc(C)c1. The summed E-state index contributed by atoms with van der Waals surface area (Å²) in [5.74, 6) is -1.39. The number of anilines is 1. The van der Waals surface area contributed by atoms with Crippen molar-refractivity contribution in [2.45, 2.75) is 38.4 Å². The van der Waals surface area contributed by atoms with Gasteiger partial charge in [0, 0.05) is 24.0 Å². The highest BCUT2D eigenvalue weighted by Crippen LogP contribution is 2.39. The Morgan fingerprint density at radius 2 is 1.89 bits per heavy atom. The van der Waals surface area contributed by atoms with Gasteiger partial charge in [-0.15, -0.1) is 5.10 Å². The standard InChI is InChI=1S/C26H25F3N6O2/c1-16-10-19(13-34(25(36)26(27,28)29)22-7-5-4-6-20(16)22)35-14-21(31-32-35)18-8-9-23(24(11-18)37-3)33-12-17(2)30-15-33/h4-9,11-12,14-16,19H,10,13H2,1-3H3. The van der Waals surface area contributed by atoms with Gasteiger partial charge in [0.25, 0.3) is 0 Å². The van der Waals surface area contributed by atoms with Gasteiger partial charge >= 0.3 is 12.1 Å². The second-order valence-electron chi connectivity index (χ2n) is 9.16. The molecule has 5 rings (SSSR count). The molecule has 37 heavy (non-hydrogen) atoms. The van der Waals surface area contributed by atoms with E-state index in [1.807, 2.05) is 42.8 Å². The number of nitrogens with zero attached hydrogens (tertiary/aromatic N) is 6. The highest BCUT2D eigenvalue weighted by Gasteiger charge is 2.45. The number of carbonyl (C=O) groups is 1. The molecule has 8 nitrogen and oxygen atoms in total. The molecular formula is C26H25F3N6O2. The Balaban J connectivity index is 1.47. The number of carbonyl (C=O) groups excluding carboxylic acids is 1. The summed E-state index contributed by atoms with van der Waals surface area (Å²) >= 11 is 0. The van der Waals surface area contributed by atoms with E-state index in [-0.39, 0.29) is 18.2 Å². The summed E-state index contributed by atoms with van der Waals surface area (Å²) in [6.07, 6.45) is 0.767. The minimum atomic E-state index is -5.00. The van der Waals surface area contributed by atoms with Crippen LogP contribution in [0, 0.1) is 6.92 Å². The van der Waals surface area contributed by atoms with Crippen LogP contribution < -0.4 is 9.64 Å². The molecule has 11 heteroatoms. The first-order valence-corrected chi connectivity index (χ1v) is 11.7. The number of hydrogen-bond donors (Lipinski definition) is 0. The Morgan fingerprint density at radius 1 is 1.11 bits per heavy atom. The van der Waals surface area contributed by atoms with Gasteiger partial charge in [0.05, 0.1) is 37.1 Å². The van der Waals surface area contributed by atoms with E-state index >= 15 is 0 Å². The second-order valence-corrected chi connectivity index (χ2v) is 9.16. The van der Waals surface area contributed by atoms with Crippen LogP contribution in [0.3, 0.4) is 0 Å². The fourth-order valence-electron chi connectivity index (χ4n) is 4.80. The molecule has 1 amide bonds. The highest BCUT2D eigenvalue weighted by molar-refractivity contribution is 5.98. The summed E-state index contributed by atoms with van der Waals surface area (Å²) in [7, 11) is 1.57. The summed E-state index contributed by atoms with van der Waals surface area (Å²) in [5.41, 5.74) is 3.91. The van der Waals surface area contributed by atoms with E-state index in [0.717, 1.165) is 21.8 Å². The zero-order valence-corrected chi connectivity index (χ0v) is 20.5. The van der Waals surface area contributed by atoms with E-state index in [0.29, 0.717) is 23.4 Å². The molecule has 192 valence electrons. The number of alkyl halides is 3. The average Bonchev–Trinajstić information content (AvgIpc) is 3.51. The van der Waals surface area contributed by atoms with Gasteiger partial charge in [-0.1, -0.05) is 36.4 Å². The largest absolute Gasteiger partial charge is 0.495 e. The normalized spacial score (nSPS) is 17.8. The lowest BCUT2D eigenvalue weighted by Gasteiger charge is -2.26. The van der Waals surface area contributed by atoms with Crippen LogP contribution in [0.25, 0.3) is 16.9 Å². The lowest BCUT2D eigenvalue weighted by Crippen LogP contribution is -2.43. The van der Waals surface area contributed by atoms with Gasteiger partial charge < -0.3 is 14.2 Å². The van der Waals surface area contributed by atoms with Crippen LogP contribution in [-0.2, 0) is 4.79 Å². The smallest absolute Gasteiger partial charge is 0.471 e. The minimum Gasteiger partial charge on any atom is -0.495 e. The number of rotatable bonds is 4. The first-order chi connectivity index (χ1) is 17.7. The number of amides is 1. The minimum absolute atomic E-state index is 0.0992. The van der Waals surface area contributed by atoms with Crippen molar-refractivity contribution in [2.75, 3.05) is 18.6 Å². The van der Waals surface area contributed by atoms with Gasteiger partial charge in [-0.05, 0) is 43.0 Å². The van der Waals surface area contributed by atoms with Crippen LogP contribution in [0.2, 0.25) is 0 Å². The molecule has 2 aromatic heterocycles. The first-order valence-electron chi connectivity index (χ1n) is 11.7. The third kappa shape index (κ3) is 4.68. The number of imidazole rings is 1. The van der Waals surface area contributed by atoms with Gasteiger partial charge in [-0.2, -0.15) is 13.2 Å². The molecule has 2 aromatic carbocycles. The monoisotopic (exact) mass is 510 g/mol. The molecular weight excluding hydrogens is 485 g/mol. The molecule has 1 aliphatic heterocycles. The number of methoxy groups -OCH3 is 1. The number of para-hydroxylation sites is 1. The van der Waals surface area contributed by atoms with Crippen molar-refractivity contribution in [3.8, 4) is 22.7 Å². The van der Waals surface area contributed by atoms with Crippen molar-refractivity contribution in [1.29, 1.82) is 0 Å². The van der Waals surface area contributed by atoms with Crippen molar-refractivity contribution in [1.82, 2.24) is 24.5 Å². The van der Waals surface area contributed by atoms with Gasteiger partial charge in [0.1, 0.15) is 11.4 Å². The fraction of sp³-hybridized carbons (Fsp3) is 0.308. The van der Waals surface area contributed by atoms with Crippen LogP contribution in [0.1, 0.15) is 36.6 Å². The summed E-state index contributed by atoms with van der Waals surface area (Å²) in [6, 6.07) is 11.8. The number of ether oxygens (including phenoxy) is 1. The van der Waals surface area contributed by atoms with Gasteiger partial charge in [-0.3, -0.25) is 4.79 Å². The molecule has 0 spiro atoms. The predicted molar refractivity (Wildman–Crippen MR) is 131 cm³/mol. The quantitative estimate of drug-likeness (QED) is 0.382. The molecule has 1 aliphatic rings. The first kappa shape index (κ1) is 24.5. The molecule has 0 saturated carbocycles. The molecule has 0 aliphatic carbocycles. The molecule has 2 unspecified atom stereocenters. The average molecular weight is 511 g/mol. The predicted octanol–water partition coefficient (Wildman–Crippen LogP) is 5.09. The van der Waals surface area contributed by atoms with Crippen LogP contribution in [0.4, 0.5) is 18.9 Å². The molecule has 2 atom stereocenters. The summed E-state index contributed by atoms with van der Waals surface area (Å²) in [6.45, 7) is 3.66. The van der Waals surface area contributed by atoms with Crippen LogP contribution >= 0.6 is 0 Å². The molecule has 3 heterocycles. The number of hydrogen-bond acceptors (Lipinski definition) is 5. The zero-order chi connectivity index (χ0) is 26.3. The molecule has 0 bridgehead atoms. The maximum absolute atomic E-state index is 13.5. The van der Waals surface area contributed by atoms with E-state index in [1.54, 1.807) is 48.6 Å². The molecule has 0 N–H and O–H groups in total. The summed E-state index contributed by atoms with van der Waals surface area (Å²) < 4.78 is 49.5. The number of aryl methyl sites for hydroxylation is 1. The number of aromatic nitrogens is 5. The number of benzene rings is 2. The Morgan fingerprint density at radius 3 is 2.59 bits per heavy atom. The number of halogens is 3. The highest BCUT2D eigenvalue weighted by atomic mass is 19.4. The molecule has 0 fully saturated rings. The van der Waals surface area contributed by atoms with Crippen molar-refractivity contribution in [3.63, 3.8) is 0 Å². The number of fused-ring (bicyclic) bond motifs is 1. The van der Waals surface area contributed by atoms with Gasteiger partial charge in [-0.25, -0.2) is 9.67 Å². The maximum Gasteiger partial charge on any atom is 0.471 e. The van der Waals surface area contributed by atoms with Crippen LogP contribution in [-0.4, -0.2) is 50.3 Å². The van der Waals surface area contributed by atoms with Crippen molar-refractivity contribution in [3.05, 3.63) is 72.4 Å². The van der Waals surface area contributed by atoms with Crippen LogP contribution in [0.15, 0.2) is 61.2 Å².